The van der Waals surface area contributed by atoms with Crippen LogP contribution in [-0.4, -0.2) is 24.9 Å². The number of ether oxygens (including phenoxy) is 1. The minimum atomic E-state index is -0.0512. The summed E-state index contributed by atoms with van der Waals surface area (Å²) in [4.78, 5) is 0. The van der Waals surface area contributed by atoms with Crippen LogP contribution in [0, 0.1) is 12.3 Å². The lowest BCUT2D eigenvalue weighted by Crippen LogP contribution is -2.37. The molecule has 2 rings (SSSR count). The zero-order chi connectivity index (χ0) is 11.4. The maximum atomic E-state index is 9.61. The molecule has 16 heavy (non-hydrogen) atoms. The van der Waals surface area contributed by atoms with Crippen molar-refractivity contribution < 1.29 is 9.84 Å². The Morgan fingerprint density at radius 1 is 1.38 bits per heavy atom. The van der Waals surface area contributed by atoms with Crippen LogP contribution in [-0.2, 0) is 11.2 Å². The molecule has 0 amide bonds. The third kappa shape index (κ3) is 2.45. The van der Waals surface area contributed by atoms with Gasteiger partial charge in [0, 0.05) is 12.0 Å². The Kier molecular flexibility index (Phi) is 3.62. The first-order valence-electron chi connectivity index (χ1n) is 5.99. The Morgan fingerprint density at radius 2 is 2.19 bits per heavy atom. The van der Waals surface area contributed by atoms with Gasteiger partial charge < -0.3 is 9.84 Å². The van der Waals surface area contributed by atoms with Crippen molar-refractivity contribution in [3.8, 4) is 0 Å². The van der Waals surface area contributed by atoms with E-state index in [2.05, 4.69) is 31.2 Å². The van der Waals surface area contributed by atoms with Crippen LogP contribution in [0.2, 0.25) is 0 Å². The van der Waals surface area contributed by atoms with Gasteiger partial charge in [0.2, 0.25) is 0 Å². The summed E-state index contributed by atoms with van der Waals surface area (Å²) in [5.74, 6) is 0. The van der Waals surface area contributed by atoms with Gasteiger partial charge in [0.25, 0.3) is 0 Å². The fourth-order valence-corrected chi connectivity index (χ4v) is 2.44. The van der Waals surface area contributed by atoms with Crippen molar-refractivity contribution >= 4 is 0 Å². The molecule has 1 saturated heterocycles. The summed E-state index contributed by atoms with van der Waals surface area (Å²) in [5, 5.41) is 9.61. The topological polar surface area (TPSA) is 29.5 Å². The highest BCUT2D eigenvalue weighted by atomic mass is 16.5. The minimum absolute atomic E-state index is 0.0512. The molecule has 0 saturated carbocycles. The average Bonchev–Trinajstić information content (AvgIpc) is 2.33. The van der Waals surface area contributed by atoms with Crippen LogP contribution in [0.4, 0.5) is 0 Å². The summed E-state index contributed by atoms with van der Waals surface area (Å²) in [5.41, 5.74) is 2.59. The SMILES string of the molecule is Cc1ccccc1CC1(CO)CCCOC1. The molecule has 88 valence electrons. The van der Waals surface area contributed by atoms with Crippen molar-refractivity contribution in [1.82, 2.24) is 0 Å². The lowest BCUT2D eigenvalue weighted by molar-refractivity contribution is -0.0379. The zero-order valence-electron chi connectivity index (χ0n) is 9.91. The molecule has 0 bridgehead atoms. The van der Waals surface area contributed by atoms with E-state index >= 15 is 0 Å². The van der Waals surface area contributed by atoms with Crippen molar-refractivity contribution in [3.05, 3.63) is 35.4 Å². The number of aliphatic hydroxyl groups excluding tert-OH is 1. The number of benzene rings is 1. The summed E-state index contributed by atoms with van der Waals surface area (Å²) < 4.78 is 5.53. The molecular formula is C14H20O2. The first-order chi connectivity index (χ1) is 7.76. The molecule has 2 heteroatoms. The monoisotopic (exact) mass is 220 g/mol. The normalized spacial score (nSPS) is 25.6. The first-order valence-corrected chi connectivity index (χ1v) is 5.99. The highest BCUT2D eigenvalue weighted by Crippen LogP contribution is 2.32. The lowest BCUT2D eigenvalue weighted by Gasteiger charge is -2.35. The molecular weight excluding hydrogens is 200 g/mol. The minimum Gasteiger partial charge on any atom is -0.396 e. The fourth-order valence-electron chi connectivity index (χ4n) is 2.44. The predicted octanol–water partition coefficient (Wildman–Crippen LogP) is 2.33. The van der Waals surface area contributed by atoms with Gasteiger partial charge in [0.1, 0.15) is 0 Å². The predicted molar refractivity (Wildman–Crippen MR) is 64.5 cm³/mol. The highest BCUT2D eigenvalue weighted by molar-refractivity contribution is 5.26. The second-order valence-corrected chi connectivity index (χ2v) is 4.92. The van der Waals surface area contributed by atoms with Crippen LogP contribution in [0.25, 0.3) is 0 Å². The smallest absolute Gasteiger partial charge is 0.0547 e. The number of hydrogen-bond donors (Lipinski definition) is 1. The third-order valence-corrected chi connectivity index (χ3v) is 3.57. The highest BCUT2D eigenvalue weighted by Gasteiger charge is 2.32. The van der Waals surface area contributed by atoms with E-state index in [1.165, 1.54) is 11.1 Å². The summed E-state index contributed by atoms with van der Waals surface area (Å²) >= 11 is 0. The number of rotatable bonds is 3. The third-order valence-electron chi connectivity index (χ3n) is 3.57. The van der Waals surface area contributed by atoms with E-state index in [0.717, 1.165) is 25.9 Å². The Balaban J connectivity index is 2.15. The van der Waals surface area contributed by atoms with Crippen LogP contribution in [0.15, 0.2) is 24.3 Å². The molecule has 1 aliphatic heterocycles. The second-order valence-electron chi connectivity index (χ2n) is 4.92. The molecule has 1 atom stereocenters. The molecule has 1 aliphatic rings. The first kappa shape index (κ1) is 11.6. The van der Waals surface area contributed by atoms with Crippen molar-refractivity contribution in [2.24, 2.45) is 5.41 Å². The molecule has 1 N–H and O–H groups in total. The quantitative estimate of drug-likeness (QED) is 0.847. The van der Waals surface area contributed by atoms with E-state index in [1.54, 1.807) is 0 Å². The molecule has 1 unspecified atom stereocenters. The molecule has 0 aliphatic carbocycles. The molecule has 0 radical (unpaired) electrons. The van der Waals surface area contributed by atoms with E-state index in [1.807, 2.05) is 0 Å². The number of hydrogen-bond acceptors (Lipinski definition) is 2. The van der Waals surface area contributed by atoms with Crippen LogP contribution in [0.3, 0.4) is 0 Å². The van der Waals surface area contributed by atoms with E-state index in [-0.39, 0.29) is 12.0 Å². The fraction of sp³-hybridized carbons (Fsp3) is 0.571. The van der Waals surface area contributed by atoms with Crippen LogP contribution >= 0.6 is 0 Å². The zero-order valence-corrected chi connectivity index (χ0v) is 9.91. The average molecular weight is 220 g/mol. The number of aliphatic hydroxyl groups is 1. The van der Waals surface area contributed by atoms with Gasteiger partial charge in [0.05, 0.1) is 13.2 Å². The van der Waals surface area contributed by atoms with E-state index in [4.69, 9.17) is 4.74 Å². The van der Waals surface area contributed by atoms with E-state index in [0.29, 0.717) is 6.61 Å². The summed E-state index contributed by atoms with van der Waals surface area (Å²) in [7, 11) is 0. The summed E-state index contributed by atoms with van der Waals surface area (Å²) in [6.07, 6.45) is 3.06. The maximum absolute atomic E-state index is 9.61. The standard InChI is InChI=1S/C14H20O2/c1-12-5-2-3-6-13(12)9-14(10-15)7-4-8-16-11-14/h2-3,5-6,15H,4,7-11H2,1H3. The molecule has 1 heterocycles. The van der Waals surface area contributed by atoms with Gasteiger partial charge in [-0.25, -0.2) is 0 Å². The van der Waals surface area contributed by atoms with Gasteiger partial charge in [-0.1, -0.05) is 24.3 Å². The van der Waals surface area contributed by atoms with Crippen molar-refractivity contribution in [2.75, 3.05) is 19.8 Å². The van der Waals surface area contributed by atoms with Gasteiger partial charge in [-0.15, -0.1) is 0 Å². The van der Waals surface area contributed by atoms with Crippen LogP contribution in [0.5, 0.6) is 0 Å². The largest absolute Gasteiger partial charge is 0.396 e. The molecule has 1 aromatic rings. The van der Waals surface area contributed by atoms with E-state index < -0.39 is 0 Å². The lowest BCUT2D eigenvalue weighted by atomic mass is 9.77. The van der Waals surface area contributed by atoms with Crippen LogP contribution in [0.1, 0.15) is 24.0 Å². The molecule has 0 aromatic heterocycles. The van der Waals surface area contributed by atoms with Gasteiger partial charge >= 0.3 is 0 Å². The van der Waals surface area contributed by atoms with Gasteiger partial charge in [-0.2, -0.15) is 0 Å². The Labute approximate surface area is 97.3 Å². The Hall–Kier alpha value is -0.860. The van der Waals surface area contributed by atoms with Gasteiger partial charge in [-0.3, -0.25) is 0 Å². The van der Waals surface area contributed by atoms with Gasteiger partial charge in [-0.05, 0) is 37.3 Å². The molecule has 1 fully saturated rings. The van der Waals surface area contributed by atoms with Gasteiger partial charge in [0.15, 0.2) is 0 Å². The molecule has 1 aromatic carbocycles. The summed E-state index contributed by atoms with van der Waals surface area (Å²) in [6, 6.07) is 8.41. The number of aryl methyl sites for hydroxylation is 1. The second kappa shape index (κ2) is 4.98. The van der Waals surface area contributed by atoms with Crippen molar-refractivity contribution in [2.45, 2.75) is 26.2 Å². The molecule has 2 nitrogen and oxygen atoms in total. The van der Waals surface area contributed by atoms with E-state index in [9.17, 15) is 5.11 Å². The van der Waals surface area contributed by atoms with Crippen molar-refractivity contribution in [1.29, 1.82) is 0 Å². The molecule has 0 spiro atoms. The maximum Gasteiger partial charge on any atom is 0.0547 e. The summed E-state index contributed by atoms with van der Waals surface area (Å²) in [6.45, 7) is 3.89. The van der Waals surface area contributed by atoms with Crippen molar-refractivity contribution in [3.63, 3.8) is 0 Å². The Bertz CT molecular complexity index is 340. The van der Waals surface area contributed by atoms with Crippen LogP contribution < -0.4 is 0 Å². The Morgan fingerprint density at radius 3 is 2.81 bits per heavy atom.